The fourth-order valence-corrected chi connectivity index (χ4v) is 2.19. The smallest absolute Gasteiger partial charge is 0.166 e. The van der Waals surface area contributed by atoms with Crippen molar-refractivity contribution < 1.29 is 4.74 Å². The van der Waals surface area contributed by atoms with Crippen LogP contribution >= 0.6 is 11.6 Å². The molecule has 5 heteroatoms. The molecule has 1 N–H and O–H groups in total. The van der Waals surface area contributed by atoms with Crippen LogP contribution in [0.5, 0.6) is 5.75 Å². The summed E-state index contributed by atoms with van der Waals surface area (Å²) in [5.74, 6) is 1.36. The zero-order valence-electron chi connectivity index (χ0n) is 11.1. The van der Waals surface area contributed by atoms with Crippen LogP contribution in [0.2, 0.25) is 5.02 Å². The van der Waals surface area contributed by atoms with Gasteiger partial charge >= 0.3 is 0 Å². The van der Waals surface area contributed by atoms with E-state index in [4.69, 9.17) is 16.3 Å². The number of rotatable bonds is 6. The number of aromatic nitrogens is 2. The van der Waals surface area contributed by atoms with Gasteiger partial charge in [-0.1, -0.05) is 23.7 Å². The van der Waals surface area contributed by atoms with E-state index in [9.17, 15) is 0 Å². The molecule has 1 fully saturated rings. The summed E-state index contributed by atoms with van der Waals surface area (Å²) in [5.41, 5.74) is 1.07. The second kappa shape index (κ2) is 6.20. The Bertz CT molecular complexity index is 573. The summed E-state index contributed by atoms with van der Waals surface area (Å²) in [4.78, 5) is 8.29. The van der Waals surface area contributed by atoms with E-state index >= 15 is 0 Å². The maximum absolute atomic E-state index is 6.23. The van der Waals surface area contributed by atoms with Gasteiger partial charge in [0.15, 0.2) is 5.82 Å². The van der Waals surface area contributed by atoms with Gasteiger partial charge in [-0.15, -0.1) is 0 Å². The summed E-state index contributed by atoms with van der Waals surface area (Å²) in [6.45, 7) is 1.09. The molecule has 3 rings (SSSR count). The van der Waals surface area contributed by atoms with Gasteiger partial charge in [0.1, 0.15) is 12.4 Å². The lowest BCUT2D eigenvalue weighted by molar-refractivity contribution is 0.292. The first-order valence-electron chi connectivity index (χ1n) is 6.72. The topological polar surface area (TPSA) is 47.0 Å². The lowest BCUT2D eigenvalue weighted by atomic mass is 10.2. The molecule has 0 radical (unpaired) electrons. The molecule has 1 saturated carbocycles. The third-order valence-electron chi connectivity index (χ3n) is 3.17. The molecule has 0 aliphatic heterocycles. The van der Waals surface area contributed by atoms with Crippen molar-refractivity contribution >= 4 is 11.6 Å². The Balaban J connectivity index is 1.69. The van der Waals surface area contributed by atoms with Gasteiger partial charge in [-0.2, -0.15) is 0 Å². The molecule has 2 aromatic rings. The highest BCUT2D eigenvalue weighted by Gasteiger charge is 2.21. The average Bonchev–Trinajstić information content (AvgIpc) is 3.29. The number of benzene rings is 1. The second-order valence-electron chi connectivity index (χ2n) is 4.84. The number of nitrogens with zero attached hydrogens (tertiary/aromatic N) is 2. The molecule has 0 unspecified atom stereocenters. The van der Waals surface area contributed by atoms with Crippen LogP contribution in [0.4, 0.5) is 0 Å². The second-order valence-corrected chi connectivity index (χ2v) is 5.24. The molecule has 0 spiro atoms. The molecule has 1 aromatic heterocycles. The molecule has 20 heavy (non-hydrogen) atoms. The van der Waals surface area contributed by atoms with Gasteiger partial charge in [0, 0.05) is 30.5 Å². The number of nitrogens with one attached hydrogen (secondary N) is 1. The molecule has 1 aliphatic rings. The van der Waals surface area contributed by atoms with E-state index in [1.807, 2.05) is 18.2 Å². The molecule has 1 heterocycles. The third kappa shape index (κ3) is 3.46. The van der Waals surface area contributed by atoms with Crippen molar-refractivity contribution in [3.63, 3.8) is 0 Å². The van der Waals surface area contributed by atoms with Crippen LogP contribution < -0.4 is 10.1 Å². The van der Waals surface area contributed by atoms with E-state index in [1.54, 1.807) is 18.5 Å². The van der Waals surface area contributed by atoms with Crippen molar-refractivity contribution in [2.45, 2.75) is 32.0 Å². The first-order chi connectivity index (χ1) is 9.83. The zero-order valence-corrected chi connectivity index (χ0v) is 11.8. The van der Waals surface area contributed by atoms with Crippen LogP contribution in [-0.4, -0.2) is 16.0 Å². The molecule has 4 nitrogen and oxygen atoms in total. The number of hydrogen-bond donors (Lipinski definition) is 1. The maximum Gasteiger partial charge on any atom is 0.166 e. The Hall–Kier alpha value is -1.65. The van der Waals surface area contributed by atoms with Gasteiger partial charge in [-0.3, -0.25) is 0 Å². The summed E-state index contributed by atoms with van der Waals surface area (Å²) >= 11 is 6.23. The molecule has 0 amide bonds. The van der Waals surface area contributed by atoms with Gasteiger partial charge in [-0.25, -0.2) is 9.97 Å². The van der Waals surface area contributed by atoms with Gasteiger partial charge < -0.3 is 10.1 Å². The highest BCUT2D eigenvalue weighted by atomic mass is 35.5. The van der Waals surface area contributed by atoms with Crippen molar-refractivity contribution in [2.75, 3.05) is 0 Å². The van der Waals surface area contributed by atoms with Gasteiger partial charge in [0.2, 0.25) is 0 Å². The quantitative estimate of drug-likeness (QED) is 0.888. The van der Waals surface area contributed by atoms with E-state index in [0.29, 0.717) is 23.5 Å². The Morgan fingerprint density at radius 2 is 2.00 bits per heavy atom. The summed E-state index contributed by atoms with van der Waals surface area (Å²) < 4.78 is 5.81. The normalized spacial score (nSPS) is 14.2. The highest BCUT2D eigenvalue weighted by Crippen LogP contribution is 2.30. The largest absolute Gasteiger partial charge is 0.484 e. The molecular weight excluding hydrogens is 274 g/mol. The molecular formula is C15H16ClN3O. The Morgan fingerprint density at radius 3 is 2.75 bits per heavy atom. The van der Waals surface area contributed by atoms with Crippen LogP contribution in [0.3, 0.4) is 0 Å². The van der Waals surface area contributed by atoms with E-state index < -0.39 is 0 Å². The molecule has 0 atom stereocenters. The summed E-state index contributed by atoms with van der Waals surface area (Å²) in [6, 6.07) is 8.24. The van der Waals surface area contributed by atoms with Crippen molar-refractivity contribution in [1.29, 1.82) is 0 Å². The minimum atomic E-state index is 0.320. The van der Waals surface area contributed by atoms with Crippen LogP contribution in [-0.2, 0) is 13.2 Å². The Morgan fingerprint density at radius 1 is 1.20 bits per heavy atom. The number of hydrogen-bond acceptors (Lipinski definition) is 4. The first-order valence-corrected chi connectivity index (χ1v) is 7.10. The lowest BCUT2D eigenvalue weighted by Gasteiger charge is -2.13. The van der Waals surface area contributed by atoms with Crippen molar-refractivity contribution in [1.82, 2.24) is 15.3 Å². The molecule has 0 bridgehead atoms. The van der Waals surface area contributed by atoms with E-state index in [-0.39, 0.29) is 0 Å². The maximum atomic E-state index is 6.23. The number of halogens is 1. The molecule has 0 saturated heterocycles. The molecule has 1 aliphatic carbocycles. The highest BCUT2D eigenvalue weighted by molar-refractivity contribution is 6.32. The lowest BCUT2D eigenvalue weighted by Crippen LogP contribution is -2.16. The van der Waals surface area contributed by atoms with Crippen molar-refractivity contribution in [2.24, 2.45) is 0 Å². The SMILES string of the molecule is Clc1cccc(CNC2CC2)c1OCc1ncccn1. The standard InChI is InChI=1S/C15H16ClN3O/c16-13-4-1-3-11(9-19-12-5-6-12)15(13)20-10-14-17-7-2-8-18-14/h1-4,7-8,12,19H,5-6,9-10H2. The Kier molecular flexibility index (Phi) is 4.14. The molecule has 1 aromatic carbocycles. The van der Waals surface area contributed by atoms with Crippen molar-refractivity contribution in [3.8, 4) is 5.75 Å². The van der Waals surface area contributed by atoms with E-state index in [1.165, 1.54) is 12.8 Å². The predicted molar refractivity (Wildman–Crippen MR) is 77.7 cm³/mol. The number of ether oxygens (including phenoxy) is 1. The van der Waals surface area contributed by atoms with Gasteiger partial charge in [0.25, 0.3) is 0 Å². The van der Waals surface area contributed by atoms with Crippen LogP contribution in [0, 0.1) is 0 Å². The van der Waals surface area contributed by atoms with Crippen LogP contribution in [0.15, 0.2) is 36.7 Å². The van der Waals surface area contributed by atoms with Crippen molar-refractivity contribution in [3.05, 3.63) is 53.1 Å². The van der Waals surface area contributed by atoms with Crippen LogP contribution in [0.1, 0.15) is 24.2 Å². The minimum absolute atomic E-state index is 0.320. The Labute approximate surface area is 123 Å². The monoisotopic (exact) mass is 289 g/mol. The predicted octanol–water partition coefficient (Wildman–Crippen LogP) is 2.96. The summed E-state index contributed by atoms with van der Waals surface area (Å²) in [7, 11) is 0. The first kappa shape index (κ1) is 13.3. The van der Waals surface area contributed by atoms with E-state index in [0.717, 1.165) is 17.9 Å². The fraction of sp³-hybridized carbons (Fsp3) is 0.333. The fourth-order valence-electron chi connectivity index (χ4n) is 1.94. The van der Waals surface area contributed by atoms with Gasteiger partial charge in [-0.05, 0) is 25.0 Å². The summed E-state index contributed by atoms with van der Waals surface area (Å²) in [5, 5.41) is 4.09. The minimum Gasteiger partial charge on any atom is -0.484 e. The van der Waals surface area contributed by atoms with Crippen LogP contribution in [0.25, 0.3) is 0 Å². The molecule has 104 valence electrons. The zero-order chi connectivity index (χ0) is 13.8. The number of para-hydroxylation sites is 1. The summed E-state index contributed by atoms with van der Waals surface area (Å²) in [6.07, 6.45) is 5.92. The average molecular weight is 290 g/mol. The third-order valence-corrected chi connectivity index (χ3v) is 3.47. The van der Waals surface area contributed by atoms with Gasteiger partial charge in [0.05, 0.1) is 5.02 Å². The van der Waals surface area contributed by atoms with E-state index in [2.05, 4.69) is 15.3 Å².